The fourth-order valence-corrected chi connectivity index (χ4v) is 1.36. The SMILES string of the molecule is CCC(C)(CC(=N)CC(C)C)OC. The monoisotopic (exact) mass is 185 g/mol. The highest BCUT2D eigenvalue weighted by atomic mass is 16.5. The molecule has 0 heterocycles. The molecule has 0 saturated carbocycles. The molecule has 0 bridgehead atoms. The second kappa shape index (κ2) is 5.38. The Kier molecular flexibility index (Phi) is 5.23. The van der Waals surface area contributed by atoms with E-state index in [1.54, 1.807) is 7.11 Å². The Morgan fingerprint density at radius 2 is 2.00 bits per heavy atom. The summed E-state index contributed by atoms with van der Waals surface area (Å²) in [4.78, 5) is 0. The average molecular weight is 185 g/mol. The lowest BCUT2D eigenvalue weighted by Gasteiger charge is -2.27. The highest BCUT2D eigenvalue weighted by Gasteiger charge is 2.22. The van der Waals surface area contributed by atoms with E-state index in [0.29, 0.717) is 5.92 Å². The van der Waals surface area contributed by atoms with Crippen LogP contribution in [0.2, 0.25) is 0 Å². The summed E-state index contributed by atoms with van der Waals surface area (Å²) >= 11 is 0. The molecule has 0 aliphatic heterocycles. The Balaban J connectivity index is 4.02. The van der Waals surface area contributed by atoms with E-state index in [2.05, 4.69) is 27.7 Å². The van der Waals surface area contributed by atoms with Crippen LogP contribution in [0.25, 0.3) is 0 Å². The van der Waals surface area contributed by atoms with Crippen molar-refractivity contribution in [3.05, 3.63) is 0 Å². The summed E-state index contributed by atoms with van der Waals surface area (Å²) in [5, 5.41) is 7.80. The molecule has 1 N–H and O–H groups in total. The van der Waals surface area contributed by atoms with Gasteiger partial charge in [-0.2, -0.15) is 0 Å². The first-order chi connectivity index (χ1) is 5.93. The van der Waals surface area contributed by atoms with Gasteiger partial charge in [0.1, 0.15) is 0 Å². The third-order valence-electron chi connectivity index (χ3n) is 2.48. The zero-order valence-corrected chi connectivity index (χ0v) is 9.61. The highest BCUT2D eigenvalue weighted by Crippen LogP contribution is 2.20. The van der Waals surface area contributed by atoms with Crippen LogP contribution >= 0.6 is 0 Å². The van der Waals surface area contributed by atoms with Gasteiger partial charge in [0, 0.05) is 19.2 Å². The van der Waals surface area contributed by atoms with Gasteiger partial charge in [0.05, 0.1) is 5.60 Å². The lowest BCUT2D eigenvalue weighted by Crippen LogP contribution is -2.29. The van der Waals surface area contributed by atoms with E-state index in [1.807, 2.05) is 0 Å². The van der Waals surface area contributed by atoms with Gasteiger partial charge in [-0.1, -0.05) is 20.8 Å². The molecular formula is C11H23NO. The molecule has 0 spiro atoms. The summed E-state index contributed by atoms with van der Waals surface area (Å²) < 4.78 is 5.40. The first kappa shape index (κ1) is 12.6. The summed E-state index contributed by atoms with van der Waals surface area (Å²) in [6.45, 7) is 8.46. The predicted octanol–water partition coefficient (Wildman–Crippen LogP) is 3.26. The Morgan fingerprint density at radius 3 is 2.31 bits per heavy atom. The van der Waals surface area contributed by atoms with E-state index in [9.17, 15) is 0 Å². The summed E-state index contributed by atoms with van der Waals surface area (Å²) in [6.07, 6.45) is 2.61. The van der Waals surface area contributed by atoms with E-state index in [0.717, 1.165) is 25.0 Å². The van der Waals surface area contributed by atoms with Crippen LogP contribution in [0.3, 0.4) is 0 Å². The van der Waals surface area contributed by atoms with Crippen LogP contribution in [0, 0.1) is 11.3 Å². The summed E-state index contributed by atoms with van der Waals surface area (Å²) in [7, 11) is 1.73. The van der Waals surface area contributed by atoms with E-state index in [4.69, 9.17) is 10.1 Å². The van der Waals surface area contributed by atoms with Crippen LogP contribution in [-0.4, -0.2) is 18.4 Å². The lowest BCUT2D eigenvalue weighted by molar-refractivity contribution is 0.00867. The fourth-order valence-electron chi connectivity index (χ4n) is 1.36. The number of ether oxygens (including phenoxy) is 1. The van der Waals surface area contributed by atoms with E-state index < -0.39 is 0 Å². The average Bonchev–Trinajstić information content (AvgIpc) is 2.02. The maximum atomic E-state index is 7.80. The minimum Gasteiger partial charge on any atom is -0.378 e. The molecule has 0 aromatic rings. The van der Waals surface area contributed by atoms with Crippen molar-refractivity contribution in [3.63, 3.8) is 0 Å². The molecular weight excluding hydrogens is 162 g/mol. The highest BCUT2D eigenvalue weighted by molar-refractivity contribution is 5.82. The van der Waals surface area contributed by atoms with E-state index in [-0.39, 0.29) is 5.60 Å². The van der Waals surface area contributed by atoms with Crippen molar-refractivity contribution in [1.29, 1.82) is 5.41 Å². The van der Waals surface area contributed by atoms with E-state index >= 15 is 0 Å². The van der Waals surface area contributed by atoms with Crippen molar-refractivity contribution in [3.8, 4) is 0 Å². The normalized spacial score (nSPS) is 15.8. The fraction of sp³-hybridized carbons (Fsp3) is 0.909. The molecule has 0 aliphatic rings. The minimum absolute atomic E-state index is 0.133. The number of methoxy groups -OCH3 is 1. The van der Waals surface area contributed by atoms with Crippen molar-refractivity contribution >= 4 is 5.71 Å². The molecule has 2 nitrogen and oxygen atoms in total. The molecule has 78 valence electrons. The predicted molar refractivity (Wildman–Crippen MR) is 57.5 cm³/mol. The molecule has 0 saturated heterocycles. The van der Waals surface area contributed by atoms with Crippen molar-refractivity contribution in [2.75, 3.05) is 7.11 Å². The molecule has 1 atom stereocenters. The molecule has 0 radical (unpaired) electrons. The van der Waals surface area contributed by atoms with Gasteiger partial charge >= 0.3 is 0 Å². The first-order valence-corrected chi connectivity index (χ1v) is 5.05. The minimum atomic E-state index is -0.133. The van der Waals surface area contributed by atoms with Crippen LogP contribution in [0.5, 0.6) is 0 Å². The molecule has 2 heteroatoms. The zero-order chi connectivity index (χ0) is 10.5. The largest absolute Gasteiger partial charge is 0.378 e. The standard InChI is InChI=1S/C11H23NO/c1-6-11(4,13-5)8-10(12)7-9(2)3/h9,12H,6-8H2,1-5H3. The Morgan fingerprint density at radius 1 is 1.46 bits per heavy atom. The molecule has 0 fully saturated rings. The molecule has 0 aromatic carbocycles. The molecule has 13 heavy (non-hydrogen) atoms. The number of hydrogen-bond donors (Lipinski definition) is 1. The quantitative estimate of drug-likeness (QED) is 0.633. The maximum Gasteiger partial charge on any atom is 0.0699 e. The Bertz CT molecular complexity index is 159. The first-order valence-electron chi connectivity index (χ1n) is 5.05. The van der Waals surface area contributed by atoms with Gasteiger partial charge in [-0.15, -0.1) is 0 Å². The Hall–Kier alpha value is -0.370. The zero-order valence-electron chi connectivity index (χ0n) is 9.61. The lowest BCUT2D eigenvalue weighted by atomic mass is 9.92. The van der Waals surface area contributed by atoms with Gasteiger partial charge in [-0.25, -0.2) is 0 Å². The van der Waals surface area contributed by atoms with Crippen LogP contribution < -0.4 is 0 Å². The second-order valence-corrected chi connectivity index (χ2v) is 4.39. The van der Waals surface area contributed by atoms with Crippen molar-refractivity contribution in [2.45, 2.75) is 52.6 Å². The molecule has 0 amide bonds. The van der Waals surface area contributed by atoms with Crippen LogP contribution in [-0.2, 0) is 4.74 Å². The van der Waals surface area contributed by atoms with Gasteiger partial charge < -0.3 is 10.1 Å². The second-order valence-electron chi connectivity index (χ2n) is 4.39. The van der Waals surface area contributed by atoms with Crippen LogP contribution in [0.4, 0.5) is 0 Å². The third kappa shape index (κ3) is 5.04. The molecule has 1 unspecified atom stereocenters. The van der Waals surface area contributed by atoms with Gasteiger partial charge in [0.25, 0.3) is 0 Å². The van der Waals surface area contributed by atoms with Gasteiger partial charge in [0.15, 0.2) is 0 Å². The van der Waals surface area contributed by atoms with Crippen molar-refractivity contribution < 1.29 is 4.74 Å². The number of nitrogens with one attached hydrogen (secondary N) is 1. The summed E-state index contributed by atoms with van der Waals surface area (Å²) in [6, 6.07) is 0. The number of hydrogen-bond acceptors (Lipinski definition) is 2. The maximum absolute atomic E-state index is 7.80. The third-order valence-corrected chi connectivity index (χ3v) is 2.48. The van der Waals surface area contributed by atoms with Crippen LogP contribution in [0.15, 0.2) is 0 Å². The molecule has 0 aliphatic carbocycles. The molecule has 0 rings (SSSR count). The van der Waals surface area contributed by atoms with Gasteiger partial charge in [-0.3, -0.25) is 0 Å². The molecule has 0 aromatic heterocycles. The van der Waals surface area contributed by atoms with Gasteiger partial charge in [0.2, 0.25) is 0 Å². The Labute approximate surface area is 82.2 Å². The van der Waals surface area contributed by atoms with Crippen LogP contribution in [0.1, 0.15) is 47.0 Å². The topological polar surface area (TPSA) is 33.1 Å². The van der Waals surface area contributed by atoms with Crippen molar-refractivity contribution in [1.82, 2.24) is 0 Å². The van der Waals surface area contributed by atoms with Gasteiger partial charge in [-0.05, 0) is 25.7 Å². The summed E-state index contributed by atoms with van der Waals surface area (Å²) in [5.74, 6) is 0.575. The number of rotatable bonds is 6. The van der Waals surface area contributed by atoms with E-state index in [1.165, 1.54) is 0 Å². The summed E-state index contributed by atoms with van der Waals surface area (Å²) in [5.41, 5.74) is 0.674. The van der Waals surface area contributed by atoms with Crippen molar-refractivity contribution in [2.24, 2.45) is 5.92 Å². The smallest absolute Gasteiger partial charge is 0.0699 e.